The van der Waals surface area contributed by atoms with Crippen molar-refractivity contribution in [3.63, 3.8) is 0 Å². The van der Waals surface area contributed by atoms with Crippen molar-refractivity contribution in [2.75, 3.05) is 20.2 Å². The third-order valence-electron chi connectivity index (χ3n) is 10.1. The number of nitrogens with zero attached hydrogens (tertiary/aromatic N) is 1. The van der Waals surface area contributed by atoms with Gasteiger partial charge in [-0.1, -0.05) is 77.0 Å². The predicted molar refractivity (Wildman–Crippen MR) is 185 cm³/mol. The highest BCUT2D eigenvalue weighted by molar-refractivity contribution is 5.80. The van der Waals surface area contributed by atoms with E-state index in [2.05, 4.69) is 39.2 Å². The van der Waals surface area contributed by atoms with Crippen LogP contribution in [0.1, 0.15) is 138 Å². The molecule has 0 radical (unpaired) electrons. The summed E-state index contributed by atoms with van der Waals surface area (Å²) in [6.07, 6.45) is 22.4. The van der Waals surface area contributed by atoms with Crippen molar-refractivity contribution in [1.29, 1.82) is 0 Å². The van der Waals surface area contributed by atoms with Crippen LogP contribution in [0, 0.1) is 23.2 Å². The van der Waals surface area contributed by atoms with Crippen molar-refractivity contribution in [2.45, 2.75) is 143 Å². The summed E-state index contributed by atoms with van der Waals surface area (Å²) in [5, 5.41) is 18.0. The zero-order valence-electron chi connectivity index (χ0n) is 29.1. The van der Waals surface area contributed by atoms with Crippen molar-refractivity contribution in [2.24, 2.45) is 28.9 Å². The van der Waals surface area contributed by atoms with Gasteiger partial charge in [0.2, 0.25) is 5.91 Å². The minimum absolute atomic E-state index is 0.190. The molecule has 4 rings (SSSR count). The number of carbonyl (C=O) groups is 1. The topological polar surface area (TPSA) is 86.8 Å². The van der Waals surface area contributed by atoms with Crippen LogP contribution in [0.15, 0.2) is 47.7 Å². The highest BCUT2D eigenvalue weighted by Crippen LogP contribution is 2.60. The molecule has 5 nitrogen and oxygen atoms in total. The van der Waals surface area contributed by atoms with E-state index in [9.17, 15) is 9.90 Å². The molecule has 3 aliphatic carbocycles. The molecule has 4 atom stereocenters. The van der Waals surface area contributed by atoms with E-state index in [4.69, 9.17) is 10.8 Å². The number of likely N-dealkylation sites (tertiary alicyclic amines) is 1. The molecule has 4 N–H and O–H groups in total. The van der Waals surface area contributed by atoms with Crippen LogP contribution in [0.25, 0.3) is 0 Å². The molecule has 3 saturated carbocycles. The smallest absolute Gasteiger partial charge is 0.226 e. The van der Waals surface area contributed by atoms with Crippen LogP contribution >= 0.6 is 0 Å². The van der Waals surface area contributed by atoms with Crippen molar-refractivity contribution in [3.8, 4) is 0 Å². The number of amides is 1. The van der Waals surface area contributed by atoms with Crippen LogP contribution < -0.4 is 5.73 Å². The van der Waals surface area contributed by atoms with Gasteiger partial charge in [0.1, 0.15) is 0 Å². The Balaban J connectivity index is 0.000000507. The fourth-order valence-electron chi connectivity index (χ4n) is 7.53. The molecule has 1 amide bonds. The number of nitrogens with two attached hydrogens (primary N) is 1. The molecule has 1 aliphatic heterocycles. The van der Waals surface area contributed by atoms with Gasteiger partial charge >= 0.3 is 0 Å². The standard InChI is InChI=1S/C27H44O.C6H9NO.C3H9NO.C2H6/c1-20-10-6-7-12-22(20)14-15-23-13-9-19-27(5)24(16-17-25(23)27)21(2)11-8-18-26(3,4)28;1-5-3-4-6(8)7(5)2;4-2-1-3-5;1-2/h14-15,21,24-25,28H,1,6-13,16-19H2,2-5H3;1,3-4H2,2H3;5H,1-4H2;1-2H3/b22-14-,23-15+;;;/t21-,24?,25?,27?;;;/m1.../s1. The highest BCUT2D eigenvalue weighted by atomic mass is 16.3. The van der Waals surface area contributed by atoms with E-state index < -0.39 is 5.60 Å². The third-order valence-corrected chi connectivity index (χ3v) is 10.1. The molecule has 0 spiro atoms. The van der Waals surface area contributed by atoms with Gasteiger partial charge in [-0.3, -0.25) is 4.79 Å². The van der Waals surface area contributed by atoms with Gasteiger partial charge < -0.3 is 20.8 Å². The maximum Gasteiger partial charge on any atom is 0.226 e. The molecular weight excluding hydrogens is 532 g/mol. The third kappa shape index (κ3) is 12.7. The number of allylic oxidation sites excluding steroid dienone is 6. The number of rotatable bonds is 8. The van der Waals surface area contributed by atoms with Crippen molar-refractivity contribution in [3.05, 3.63) is 47.7 Å². The van der Waals surface area contributed by atoms with Gasteiger partial charge in [-0.15, -0.1) is 0 Å². The summed E-state index contributed by atoms with van der Waals surface area (Å²) in [5.74, 6) is 2.60. The average Bonchev–Trinajstić information content (AvgIpc) is 3.48. The lowest BCUT2D eigenvalue weighted by molar-refractivity contribution is -0.125. The SMILES string of the molecule is C=C1CCC(=O)N1C.C=C1CCCC/C1=C/C=C1\CCCC2(C)C1CCC2[C@H](C)CCCC(C)(C)O.CC.NCCCO. The molecule has 248 valence electrons. The summed E-state index contributed by atoms with van der Waals surface area (Å²) in [7, 11) is 1.76. The number of aliphatic hydroxyl groups excluding tert-OH is 1. The predicted octanol–water partition coefficient (Wildman–Crippen LogP) is 8.87. The van der Waals surface area contributed by atoms with Gasteiger partial charge in [0, 0.05) is 25.8 Å². The molecule has 0 aromatic carbocycles. The highest BCUT2D eigenvalue weighted by Gasteiger charge is 2.50. The van der Waals surface area contributed by atoms with E-state index in [1.807, 2.05) is 27.7 Å². The van der Waals surface area contributed by atoms with Gasteiger partial charge in [0.05, 0.1) is 5.60 Å². The monoisotopic (exact) mass is 601 g/mol. The van der Waals surface area contributed by atoms with E-state index in [1.165, 1.54) is 75.4 Å². The molecule has 0 aromatic rings. The summed E-state index contributed by atoms with van der Waals surface area (Å²) in [4.78, 5) is 12.3. The number of hydrogen-bond donors (Lipinski definition) is 3. The minimum atomic E-state index is -0.515. The molecule has 3 unspecified atom stereocenters. The first-order valence-electron chi connectivity index (χ1n) is 17.4. The van der Waals surface area contributed by atoms with Gasteiger partial charge in [0.15, 0.2) is 0 Å². The Kier molecular flexibility index (Phi) is 18.0. The second-order valence-corrected chi connectivity index (χ2v) is 13.9. The van der Waals surface area contributed by atoms with Crippen LogP contribution in [0.4, 0.5) is 0 Å². The van der Waals surface area contributed by atoms with Gasteiger partial charge in [0.25, 0.3) is 0 Å². The van der Waals surface area contributed by atoms with Crippen molar-refractivity contribution < 1.29 is 15.0 Å². The summed E-state index contributed by atoms with van der Waals surface area (Å²) in [6, 6.07) is 0. The van der Waals surface area contributed by atoms with Gasteiger partial charge in [-0.25, -0.2) is 0 Å². The molecule has 0 bridgehead atoms. The van der Waals surface area contributed by atoms with Crippen molar-refractivity contribution in [1.82, 2.24) is 4.90 Å². The van der Waals surface area contributed by atoms with E-state index in [-0.39, 0.29) is 12.5 Å². The fraction of sp³-hybridized carbons (Fsp3) is 0.763. The Hall–Kier alpha value is -1.69. The molecule has 0 aromatic heterocycles. The minimum Gasteiger partial charge on any atom is -0.396 e. The Bertz CT molecular complexity index is 910. The lowest BCUT2D eigenvalue weighted by Gasteiger charge is -2.44. The van der Waals surface area contributed by atoms with E-state index >= 15 is 0 Å². The van der Waals surface area contributed by atoms with Crippen LogP contribution in [0.3, 0.4) is 0 Å². The van der Waals surface area contributed by atoms with Crippen LogP contribution in [-0.4, -0.2) is 46.8 Å². The zero-order chi connectivity index (χ0) is 32.6. The quantitative estimate of drug-likeness (QED) is 0.260. The van der Waals surface area contributed by atoms with E-state index in [0.29, 0.717) is 18.4 Å². The zero-order valence-corrected chi connectivity index (χ0v) is 29.1. The largest absolute Gasteiger partial charge is 0.396 e. The van der Waals surface area contributed by atoms with Crippen molar-refractivity contribution >= 4 is 5.91 Å². The summed E-state index contributed by atoms with van der Waals surface area (Å²) in [6.45, 7) is 21.8. The van der Waals surface area contributed by atoms with Crippen LogP contribution in [0.5, 0.6) is 0 Å². The summed E-state index contributed by atoms with van der Waals surface area (Å²) in [5.41, 5.74) is 10.5. The number of carbonyl (C=O) groups excluding carboxylic acids is 1. The number of aliphatic hydroxyl groups is 2. The molecule has 4 fully saturated rings. The molecule has 5 heteroatoms. The maximum absolute atomic E-state index is 10.6. The first-order valence-corrected chi connectivity index (χ1v) is 17.4. The molecule has 43 heavy (non-hydrogen) atoms. The van der Waals surface area contributed by atoms with E-state index in [1.54, 1.807) is 17.5 Å². The van der Waals surface area contributed by atoms with Gasteiger partial charge in [-0.2, -0.15) is 0 Å². The molecule has 1 heterocycles. The average molecular weight is 601 g/mol. The Labute approximate surface area is 265 Å². The van der Waals surface area contributed by atoms with Crippen LogP contribution in [-0.2, 0) is 4.79 Å². The first kappa shape index (κ1) is 39.3. The summed E-state index contributed by atoms with van der Waals surface area (Å²) < 4.78 is 0. The maximum atomic E-state index is 10.6. The van der Waals surface area contributed by atoms with Gasteiger partial charge in [-0.05, 0) is 126 Å². The first-order chi connectivity index (χ1) is 20.3. The second kappa shape index (κ2) is 19.6. The molecule has 4 aliphatic rings. The Morgan fingerprint density at radius 2 is 1.72 bits per heavy atom. The number of fused-ring (bicyclic) bond motifs is 1. The second-order valence-electron chi connectivity index (χ2n) is 13.9. The Morgan fingerprint density at radius 1 is 1.05 bits per heavy atom. The van der Waals surface area contributed by atoms with Crippen LogP contribution in [0.2, 0.25) is 0 Å². The fourth-order valence-corrected chi connectivity index (χ4v) is 7.53. The molecule has 1 saturated heterocycles. The molecular formula is C38H68N2O3. The Morgan fingerprint density at radius 3 is 2.21 bits per heavy atom. The number of hydrogen-bond acceptors (Lipinski definition) is 4. The van der Waals surface area contributed by atoms with E-state index in [0.717, 1.165) is 49.1 Å². The lowest BCUT2D eigenvalue weighted by atomic mass is 9.60. The normalized spacial score (nSPS) is 28.0. The summed E-state index contributed by atoms with van der Waals surface area (Å²) >= 11 is 0. The lowest BCUT2D eigenvalue weighted by Crippen LogP contribution is -2.36.